The first-order valence-electron chi connectivity index (χ1n) is 7.85. The predicted octanol–water partition coefficient (Wildman–Crippen LogP) is 3.19. The van der Waals surface area contributed by atoms with Crippen molar-refractivity contribution in [3.05, 3.63) is 42.1 Å². The molecule has 4 bridgehead atoms. The molecule has 1 aromatic carbocycles. The number of aromatic nitrogens is 2. The van der Waals surface area contributed by atoms with Crippen molar-refractivity contribution >= 4 is 11.3 Å². The molecule has 6 rings (SSSR count). The van der Waals surface area contributed by atoms with Crippen LogP contribution in [0.1, 0.15) is 12.8 Å². The van der Waals surface area contributed by atoms with Gasteiger partial charge in [-0.25, -0.2) is 0 Å². The number of hydrogen-bond acceptors (Lipinski definition) is 5. The first-order chi connectivity index (χ1) is 10.8. The van der Waals surface area contributed by atoms with E-state index in [1.54, 1.807) is 11.3 Å². The van der Waals surface area contributed by atoms with Crippen LogP contribution in [0.4, 0.5) is 0 Å². The van der Waals surface area contributed by atoms with Gasteiger partial charge in [0.25, 0.3) is 5.19 Å². The van der Waals surface area contributed by atoms with Gasteiger partial charge < -0.3 is 9.64 Å². The van der Waals surface area contributed by atoms with Crippen LogP contribution in [0.2, 0.25) is 0 Å². The second kappa shape index (κ2) is 4.81. The van der Waals surface area contributed by atoms with E-state index in [1.165, 1.54) is 25.0 Å². The van der Waals surface area contributed by atoms with Gasteiger partial charge in [0.2, 0.25) is 0 Å². The summed E-state index contributed by atoms with van der Waals surface area (Å²) in [4.78, 5) is 2.47. The fourth-order valence-electron chi connectivity index (χ4n) is 4.11. The van der Waals surface area contributed by atoms with Gasteiger partial charge in [-0.1, -0.05) is 46.8 Å². The minimum Gasteiger partial charge on any atom is -0.461 e. The minimum atomic E-state index is 0.212. The van der Waals surface area contributed by atoms with Crippen molar-refractivity contribution in [2.45, 2.75) is 18.9 Å². The van der Waals surface area contributed by atoms with Gasteiger partial charge in [-0.05, 0) is 24.3 Å². The van der Waals surface area contributed by atoms with E-state index in [9.17, 15) is 0 Å². The molecule has 2 fully saturated rings. The Labute approximate surface area is 133 Å². The molecular formula is C17H17N3OS. The van der Waals surface area contributed by atoms with Gasteiger partial charge in [0.1, 0.15) is 6.10 Å². The molecule has 2 unspecified atom stereocenters. The highest BCUT2D eigenvalue weighted by Gasteiger charge is 2.44. The van der Waals surface area contributed by atoms with Crippen LogP contribution in [0, 0.1) is 11.8 Å². The lowest BCUT2D eigenvalue weighted by Crippen LogP contribution is -2.53. The van der Waals surface area contributed by atoms with E-state index >= 15 is 0 Å². The van der Waals surface area contributed by atoms with E-state index in [2.05, 4.69) is 33.4 Å². The van der Waals surface area contributed by atoms with Gasteiger partial charge in [0.05, 0.1) is 0 Å². The highest BCUT2D eigenvalue weighted by atomic mass is 32.1. The van der Waals surface area contributed by atoms with Crippen molar-refractivity contribution in [3.8, 4) is 15.8 Å². The first-order valence-corrected chi connectivity index (χ1v) is 8.67. The average Bonchev–Trinajstić information content (AvgIpc) is 3.00. The second-order valence-corrected chi connectivity index (χ2v) is 7.44. The van der Waals surface area contributed by atoms with Crippen LogP contribution in [-0.4, -0.2) is 34.3 Å². The topological polar surface area (TPSA) is 38.2 Å². The summed E-state index contributed by atoms with van der Waals surface area (Å²) in [5, 5.41) is 10.2. The molecule has 3 atom stereocenters. The standard InChI is InChI=1S/C17H17N3OS/c1-2-4-12(5-3-1)16-18-19-17(22-16)21-15-13-6-11-7-14(15)10-20(8-11)9-13/h1-5,9,11,14-15H,6-8,10H2/t11?,14?,15-/m1/s1. The summed E-state index contributed by atoms with van der Waals surface area (Å²) in [5.41, 5.74) is 2.56. The Bertz CT molecular complexity index is 727. The number of nitrogens with zero attached hydrogens (tertiary/aromatic N) is 3. The summed E-state index contributed by atoms with van der Waals surface area (Å²) >= 11 is 1.55. The number of rotatable bonds is 3. The number of hydrogen-bond donors (Lipinski definition) is 0. The molecule has 4 nitrogen and oxygen atoms in total. The molecule has 0 spiro atoms. The zero-order valence-electron chi connectivity index (χ0n) is 12.2. The van der Waals surface area contributed by atoms with Crippen molar-refractivity contribution < 1.29 is 4.74 Å². The Morgan fingerprint density at radius 1 is 1.14 bits per heavy atom. The van der Waals surface area contributed by atoms with Crippen LogP contribution in [-0.2, 0) is 0 Å². The van der Waals surface area contributed by atoms with Crippen LogP contribution in [0.3, 0.4) is 0 Å². The second-order valence-electron chi connectivity index (χ2n) is 6.50. The van der Waals surface area contributed by atoms with Gasteiger partial charge in [0.15, 0.2) is 5.01 Å². The summed E-state index contributed by atoms with van der Waals surface area (Å²) in [5.74, 6) is 1.46. The number of benzene rings is 1. The Balaban J connectivity index is 1.39. The number of piperidine rings is 1. The van der Waals surface area contributed by atoms with Crippen LogP contribution in [0.25, 0.3) is 10.6 Å². The third kappa shape index (κ3) is 2.03. The Morgan fingerprint density at radius 3 is 2.86 bits per heavy atom. The molecule has 112 valence electrons. The normalized spacial score (nSPS) is 28.8. The average molecular weight is 311 g/mol. The Kier molecular flexibility index (Phi) is 2.77. The highest BCUT2D eigenvalue weighted by molar-refractivity contribution is 7.16. The third-order valence-electron chi connectivity index (χ3n) is 4.92. The summed E-state index contributed by atoms with van der Waals surface area (Å²) in [6, 6.07) is 10.2. The van der Waals surface area contributed by atoms with Crippen LogP contribution < -0.4 is 4.74 Å². The first kappa shape index (κ1) is 12.6. The minimum absolute atomic E-state index is 0.212. The third-order valence-corrected chi connectivity index (χ3v) is 5.78. The Morgan fingerprint density at radius 2 is 2.05 bits per heavy atom. The summed E-state index contributed by atoms with van der Waals surface area (Å²) in [6.07, 6.45) is 5.02. The molecule has 22 heavy (non-hydrogen) atoms. The van der Waals surface area contributed by atoms with Crippen molar-refractivity contribution in [2.24, 2.45) is 11.8 Å². The van der Waals surface area contributed by atoms with Crippen LogP contribution in [0.15, 0.2) is 42.1 Å². The fraction of sp³-hybridized carbons (Fsp3) is 0.412. The number of ether oxygens (including phenoxy) is 1. The lowest BCUT2D eigenvalue weighted by atomic mass is 9.71. The molecule has 2 aromatic rings. The van der Waals surface area contributed by atoms with E-state index in [0.717, 1.165) is 23.0 Å². The molecule has 1 saturated carbocycles. The molecule has 0 radical (unpaired) electrons. The molecule has 0 N–H and O–H groups in total. The zero-order chi connectivity index (χ0) is 14.5. The smallest absolute Gasteiger partial charge is 0.294 e. The van der Waals surface area contributed by atoms with Gasteiger partial charge in [-0.15, -0.1) is 5.10 Å². The maximum Gasteiger partial charge on any atom is 0.294 e. The summed E-state index contributed by atoms with van der Waals surface area (Å²) in [6.45, 7) is 2.37. The van der Waals surface area contributed by atoms with E-state index < -0.39 is 0 Å². The Hall–Kier alpha value is -1.88. The highest BCUT2D eigenvalue weighted by Crippen LogP contribution is 2.44. The molecular weight excluding hydrogens is 294 g/mol. The predicted molar refractivity (Wildman–Crippen MR) is 85.6 cm³/mol. The molecule has 1 aliphatic carbocycles. The molecule has 3 aliphatic heterocycles. The quantitative estimate of drug-likeness (QED) is 0.872. The zero-order valence-corrected chi connectivity index (χ0v) is 13.0. The van der Waals surface area contributed by atoms with Crippen molar-refractivity contribution in [2.75, 3.05) is 13.1 Å². The maximum atomic E-state index is 6.24. The van der Waals surface area contributed by atoms with Gasteiger partial charge in [-0.2, -0.15) is 0 Å². The lowest BCUT2D eigenvalue weighted by molar-refractivity contribution is 0.0273. The molecule has 0 amide bonds. The summed E-state index contributed by atoms with van der Waals surface area (Å²) < 4.78 is 6.24. The van der Waals surface area contributed by atoms with Crippen molar-refractivity contribution in [1.29, 1.82) is 0 Å². The SMILES string of the molecule is C1=C2CC3CC(CN1C3)[C@@H]2Oc1nnc(-c2ccccc2)s1. The molecule has 4 heterocycles. The van der Waals surface area contributed by atoms with Gasteiger partial charge in [-0.3, -0.25) is 0 Å². The lowest BCUT2D eigenvalue weighted by Gasteiger charge is -2.50. The van der Waals surface area contributed by atoms with Crippen LogP contribution >= 0.6 is 11.3 Å². The van der Waals surface area contributed by atoms with Crippen molar-refractivity contribution in [1.82, 2.24) is 15.1 Å². The molecule has 1 aromatic heterocycles. The van der Waals surface area contributed by atoms with E-state index in [0.29, 0.717) is 11.1 Å². The van der Waals surface area contributed by atoms with E-state index in [4.69, 9.17) is 4.74 Å². The van der Waals surface area contributed by atoms with Crippen LogP contribution in [0.5, 0.6) is 5.19 Å². The summed E-state index contributed by atoms with van der Waals surface area (Å²) in [7, 11) is 0. The maximum absolute atomic E-state index is 6.24. The molecule has 4 aliphatic rings. The monoisotopic (exact) mass is 311 g/mol. The molecule has 5 heteroatoms. The van der Waals surface area contributed by atoms with E-state index in [1.807, 2.05) is 18.2 Å². The van der Waals surface area contributed by atoms with E-state index in [-0.39, 0.29) is 6.10 Å². The van der Waals surface area contributed by atoms with Gasteiger partial charge in [0, 0.05) is 30.8 Å². The fourth-order valence-corrected chi connectivity index (χ4v) is 4.84. The van der Waals surface area contributed by atoms with Crippen molar-refractivity contribution in [3.63, 3.8) is 0 Å². The molecule has 1 saturated heterocycles. The van der Waals surface area contributed by atoms with Gasteiger partial charge >= 0.3 is 0 Å². The largest absolute Gasteiger partial charge is 0.461 e.